The first-order chi connectivity index (χ1) is 8.16. The lowest BCUT2D eigenvalue weighted by Crippen LogP contribution is -2.31. The molecule has 0 aliphatic heterocycles. The first-order valence-electron chi connectivity index (χ1n) is 6.48. The van der Waals surface area contributed by atoms with Crippen molar-refractivity contribution in [2.24, 2.45) is 5.92 Å². The monoisotopic (exact) mass is 235 g/mol. The smallest absolute Gasteiger partial charge is 0.220 e. The van der Waals surface area contributed by atoms with E-state index >= 15 is 0 Å². The van der Waals surface area contributed by atoms with Gasteiger partial charge in [0.2, 0.25) is 5.91 Å². The van der Waals surface area contributed by atoms with Gasteiger partial charge in [-0.2, -0.15) is 5.10 Å². The number of hydrogen-bond donors (Lipinski definition) is 2. The fourth-order valence-corrected chi connectivity index (χ4v) is 2.29. The molecular formula is C13H21N3O. The van der Waals surface area contributed by atoms with E-state index in [1.807, 2.05) is 6.20 Å². The maximum absolute atomic E-state index is 11.8. The van der Waals surface area contributed by atoms with E-state index in [1.54, 1.807) is 0 Å². The highest BCUT2D eigenvalue weighted by Gasteiger charge is 2.23. The summed E-state index contributed by atoms with van der Waals surface area (Å²) >= 11 is 0. The van der Waals surface area contributed by atoms with Gasteiger partial charge in [0.25, 0.3) is 0 Å². The summed E-state index contributed by atoms with van der Waals surface area (Å²) in [5.41, 5.74) is 2.36. The van der Waals surface area contributed by atoms with E-state index in [9.17, 15) is 4.79 Å². The quantitative estimate of drug-likeness (QED) is 0.841. The number of carbonyl (C=O) groups excluding carboxylic acids is 1. The van der Waals surface area contributed by atoms with Gasteiger partial charge in [0.05, 0.1) is 17.9 Å². The van der Waals surface area contributed by atoms with Crippen LogP contribution >= 0.6 is 0 Å². The third kappa shape index (κ3) is 3.08. The molecule has 0 bridgehead atoms. The molecule has 1 unspecified atom stereocenters. The number of amides is 1. The number of hydrogen-bond acceptors (Lipinski definition) is 2. The van der Waals surface area contributed by atoms with Crippen molar-refractivity contribution in [2.45, 2.75) is 52.0 Å². The van der Waals surface area contributed by atoms with Crippen molar-refractivity contribution in [3.05, 3.63) is 17.5 Å². The van der Waals surface area contributed by atoms with Crippen LogP contribution in [-0.4, -0.2) is 16.1 Å². The molecule has 1 heterocycles. The van der Waals surface area contributed by atoms with Crippen LogP contribution in [0.1, 0.15) is 56.8 Å². The molecule has 1 aliphatic carbocycles. The number of nitrogens with zero attached hydrogens (tertiary/aromatic N) is 1. The molecule has 4 nitrogen and oxygen atoms in total. The summed E-state index contributed by atoms with van der Waals surface area (Å²) in [6.45, 7) is 4.28. The summed E-state index contributed by atoms with van der Waals surface area (Å²) in [6.07, 6.45) is 6.67. The lowest BCUT2D eigenvalue weighted by Gasteiger charge is -2.23. The molecule has 94 valence electrons. The molecule has 1 aromatic rings. The Labute approximate surface area is 102 Å². The SMILES string of the molecule is CC(C)CCC(=O)NC1CCCc2cn[nH]c21. The first-order valence-corrected chi connectivity index (χ1v) is 6.48. The lowest BCUT2D eigenvalue weighted by molar-refractivity contribution is -0.122. The zero-order chi connectivity index (χ0) is 12.3. The van der Waals surface area contributed by atoms with Crippen LogP contribution in [0.5, 0.6) is 0 Å². The van der Waals surface area contributed by atoms with Crippen molar-refractivity contribution in [2.75, 3.05) is 0 Å². The Bertz CT molecular complexity index is 384. The average Bonchev–Trinajstić information content (AvgIpc) is 2.75. The van der Waals surface area contributed by atoms with Gasteiger partial charge in [0, 0.05) is 6.42 Å². The maximum atomic E-state index is 11.8. The van der Waals surface area contributed by atoms with Gasteiger partial charge < -0.3 is 5.32 Å². The number of aryl methyl sites for hydroxylation is 1. The minimum absolute atomic E-state index is 0.140. The Balaban J connectivity index is 1.90. The molecule has 0 aromatic carbocycles. The summed E-state index contributed by atoms with van der Waals surface area (Å²) in [7, 11) is 0. The van der Waals surface area contributed by atoms with Gasteiger partial charge >= 0.3 is 0 Å². The molecule has 1 aromatic heterocycles. The highest BCUT2D eigenvalue weighted by Crippen LogP contribution is 2.27. The highest BCUT2D eigenvalue weighted by molar-refractivity contribution is 5.76. The van der Waals surface area contributed by atoms with Crippen molar-refractivity contribution in [3.63, 3.8) is 0 Å². The Kier molecular flexibility index (Phi) is 3.82. The molecule has 1 atom stereocenters. The number of carbonyl (C=O) groups is 1. The van der Waals surface area contributed by atoms with Gasteiger partial charge in [-0.25, -0.2) is 0 Å². The molecular weight excluding hydrogens is 214 g/mol. The van der Waals surface area contributed by atoms with Crippen molar-refractivity contribution >= 4 is 5.91 Å². The average molecular weight is 235 g/mol. The molecule has 2 rings (SSSR count). The van der Waals surface area contributed by atoms with E-state index in [1.165, 1.54) is 5.56 Å². The van der Waals surface area contributed by atoms with Crippen LogP contribution in [0.3, 0.4) is 0 Å². The highest BCUT2D eigenvalue weighted by atomic mass is 16.1. The largest absolute Gasteiger partial charge is 0.348 e. The standard InChI is InChI=1S/C13H21N3O/c1-9(2)6-7-12(17)15-11-5-3-4-10-8-14-16-13(10)11/h8-9,11H,3-7H2,1-2H3,(H,14,16)(H,15,17). The molecule has 0 saturated heterocycles. The minimum atomic E-state index is 0.140. The van der Waals surface area contributed by atoms with Gasteiger partial charge in [0.15, 0.2) is 0 Å². The molecule has 0 radical (unpaired) electrons. The third-order valence-corrected chi connectivity index (χ3v) is 3.32. The maximum Gasteiger partial charge on any atom is 0.220 e. The number of nitrogens with one attached hydrogen (secondary N) is 2. The molecule has 4 heteroatoms. The zero-order valence-corrected chi connectivity index (χ0v) is 10.6. The number of rotatable bonds is 4. The summed E-state index contributed by atoms with van der Waals surface area (Å²) < 4.78 is 0. The summed E-state index contributed by atoms with van der Waals surface area (Å²) in [5.74, 6) is 0.737. The van der Waals surface area contributed by atoms with E-state index in [4.69, 9.17) is 0 Å². The van der Waals surface area contributed by atoms with E-state index in [0.717, 1.165) is 31.4 Å². The topological polar surface area (TPSA) is 57.8 Å². The van der Waals surface area contributed by atoms with E-state index in [0.29, 0.717) is 12.3 Å². The molecule has 0 saturated carbocycles. The predicted molar refractivity (Wildman–Crippen MR) is 66.5 cm³/mol. The van der Waals surface area contributed by atoms with Gasteiger partial charge in [0.1, 0.15) is 0 Å². The second kappa shape index (κ2) is 5.34. The Hall–Kier alpha value is -1.32. The van der Waals surface area contributed by atoms with Crippen LogP contribution in [0.25, 0.3) is 0 Å². The zero-order valence-electron chi connectivity index (χ0n) is 10.6. The normalized spacial score (nSPS) is 19.1. The van der Waals surface area contributed by atoms with Crippen LogP contribution in [0.2, 0.25) is 0 Å². The number of H-pyrrole nitrogens is 1. The summed E-state index contributed by atoms with van der Waals surface area (Å²) in [4.78, 5) is 11.8. The lowest BCUT2D eigenvalue weighted by atomic mass is 9.93. The summed E-state index contributed by atoms with van der Waals surface area (Å²) in [6, 6.07) is 0.140. The van der Waals surface area contributed by atoms with Crippen LogP contribution in [0.4, 0.5) is 0 Å². The van der Waals surface area contributed by atoms with E-state index in [2.05, 4.69) is 29.4 Å². The number of aromatic nitrogens is 2. The molecule has 17 heavy (non-hydrogen) atoms. The fraction of sp³-hybridized carbons (Fsp3) is 0.692. The Morgan fingerprint density at radius 2 is 2.47 bits per heavy atom. The van der Waals surface area contributed by atoms with Gasteiger partial charge in [-0.3, -0.25) is 9.89 Å². The van der Waals surface area contributed by atoms with Gasteiger partial charge in [-0.15, -0.1) is 0 Å². The number of fused-ring (bicyclic) bond motifs is 1. The van der Waals surface area contributed by atoms with E-state index < -0.39 is 0 Å². The second-order valence-electron chi connectivity index (χ2n) is 5.25. The number of aromatic amines is 1. The van der Waals surface area contributed by atoms with Gasteiger partial charge in [-0.05, 0) is 37.2 Å². The molecule has 1 aliphatic rings. The molecule has 1 amide bonds. The van der Waals surface area contributed by atoms with Crippen molar-refractivity contribution in [1.29, 1.82) is 0 Å². The summed E-state index contributed by atoms with van der Waals surface area (Å²) in [5, 5.41) is 10.2. The van der Waals surface area contributed by atoms with E-state index in [-0.39, 0.29) is 11.9 Å². The molecule has 2 N–H and O–H groups in total. The fourth-order valence-electron chi connectivity index (χ4n) is 2.29. The Morgan fingerprint density at radius 3 is 3.24 bits per heavy atom. The first kappa shape index (κ1) is 12.1. The molecule has 0 fully saturated rings. The Morgan fingerprint density at radius 1 is 1.65 bits per heavy atom. The third-order valence-electron chi connectivity index (χ3n) is 3.32. The van der Waals surface area contributed by atoms with Gasteiger partial charge in [-0.1, -0.05) is 13.8 Å². The van der Waals surface area contributed by atoms with Crippen LogP contribution < -0.4 is 5.32 Å². The minimum Gasteiger partial charge on any atom is -0.348 e. The predicted octanol–water partition coefficient (Wildman–Crippen LogP) is 2.34. The molecule has 0 spiro atoms. The van der Waals surface area contributed by atoms with Crippen LogP contribution in [-0.2, 0) is 11.2 Å². The van der Waals surface area contributed by atoms with Crippen LogP contribution in [0.15, 0.2) is 6.20 Å². The van der Waals surface area contributed by atoms with Crippen molar-refractivity contribution in [1.82, 2.24) is 15.5 Å². The second-order valence-corrected chi connectivity index (χ2v) is 5.25. The van der Waals surface area contributed by atoms with Crippen molar-refractivity contribution in [3.8, 4) is 0 Å². The van der Waals surface area contributed by atoms with Crippen LogP contribution in [0, 0.1) is 5.92 Å². The van der Waals surface area contributed by atoms with Crippen molar-refractivity contribution < 1.29 is 4.79 Å².